The van der Waals surface area contributed by atoms with Crippen molar-refractivity contribution in [3.8, 4) is 0 Å². The molecule has 0 saturated carbocycles. The predicted octanol–water partition coefficient (Wildman–Crippen LogP) is 0.661. The predicted molar refractivity (Wildman–Crippen MR) is 77.0 cm³/mol. The average Bonchev–Trinajstić information content (AvgIpc) is 2.47. The Kier molecular flexibility index (Phi) is 4.51. The number of anilines is 2. The molecule has 9 nitrogen and oxygen atoms in total. The van der Waals surface area contributed by atoms with Gasteiger partial charge < -0.3 is 16.0 Å². The van der Waals surface area contributed by atoms with E-state index in [9.17, 15) is 14.9 Å². The van der Waals surface area contributed by atoms with Crippen molar-refractivity contribution < 1.29 is 9.72 Å². The monoisotopic (exact) mass is 294 g/mol. The van der Waals surface area contributed by atoms with Crippen molar-refractivity contribution in [2.45, 2.75) is 32.2 Å². The Bertz CT molecular complexity index is 550. The van der Waals surface area contributed by atoms with Crippen LogP contribution in [0.4, 0.5) is 17.5 Å². The molecule has 3 N–H and O–H groups in total. The van der Waals surface area contributed by atoms with Crippen LogP contribution in [0.5, 0.6) is 0 Å². The molecule has 114 valence electrons. The number of nitrogens with two attached hydrogens (primary N) is 1. The molecule has 1 fully saturated rings. The number of carbonyl (C=O) groups excluding carboxylic acids is 1. The molecule has 1 aliphatic rings. The lowest BCUT2D eigenvalue weighted by molar-refractivity contribution is -0.384. The maximum absolute atomic E-state index is 11.6. The Hall–Kier alpha value is -2.45. The number of hydrogen-bond donors (Lipinski definition) is 2. The third kappa shape index (κ3) is 3.18. The minimum absolute atomic E-state index is 0.148. The SMILES string of the molecule is CCNc1ncc([N+](=O)[O-])c(N2CCCCC2C(N)=O)n1. The van der Waals surface area contributed by atoms with Crippen LogP contribution in [0.1, 0.15) is 26.2 Å². The van der Waals surface area contributed by atoms with Gasteiger partial charge in [-0.3, -0.25) is 14.9 Å². The second-order valence-electron chi connectivity index (χ2n) is 4.80. The van der Waals surface area contributed by atoms with E-state index in [1.807, 2.05) is 6.92 Å². The molecule has 2 rings (SSSR count). The Morgan fingerprint density at radius 2 is 2.38 bits per heavy atom. The van der Waals surface area contributed by atoms with E-state index in [-0.39, 0.29) is 11.5 Å². The molecule has 9 heteroatoms. The smallest absolute Gasteiger partial charge is 0.329 e. The molecule has 0 aliphatic carbocycles. The molecule has 0 aromatic carbocycles. The summed E-state index contributed by atoms with van der Waals surface area (Å²) < 4.78 is 0. The summed E-state index contributed by atoms with van der Waals surface area (Å²) in [7, 11) is 0. The average molecular weight is 294 g/mol. The van der Waals surface area contributed by atoms with E-state index in [2.05, 4.69) is 15.3 Å². The summed E-state index contributed by atoms with van der Waals surface area (Å²) in [5.41, 5.74) is 5.19. The fourth-order valence-electron chi connectivity index (χ4n) is 2.43. The van der Waals surface area contributed by atoms with E-state index >= 15 is 0 Å². The third-order valence-electron chi connectivity index (χ3n) is 3.38. The van der Waals surface area contributed by atoms with Gasteiger partial charge in [0.15, 0.2) is 0 Å². The van der Waals surface area contributed by atoms with Crippen LogP contribution in [-0.4, -0.2) is 39.9 Å². The Balaban J connectivity index is 2.44. The first kappa shape index (κ1) is 14.9. The number of hydrogen-bond acceptors (Lipinski definition) is 7. The van der Waals surface area contributed by atoms with Crippen molar-refractivity contribution >= 4 is 23.4 Å². The highest BCUT2D eigenvalue weighted by atomic mass is 16.6. The maximum Gasteiger partial charge on any atom is 0.329 e. The second-order valence-corrected chi connectivity index (χ2v) is 4.80. The minimum Gasteiger partial charge on any atom is -0.368 e. The van der Waals surface area contributed by atoms with Gasteiger partial charge in [-0.25, -0.2) is 4.98 Å². The van der Waals surface area contributed by atoms with Gasteiger partial charge in [-0.1, -0.05) is 0 Å². The van der Waals surface area contributed by atoms with Gasteiger partial charge in [0.1, 0.15) is 12.2 Å². The van der Waals surface area contributed by atoms with E-state index in [0.29, 0.717) is 25.5 Å². The molecule has 1 amide bonds. The number of aromatic nitrogens is 2. The topological polar surface area (TPSA) is 127 Å². The quantitative estimate of drug-likeness (QED) is 0.603. The first-order chi connectivity index (χ1) is 10.0. The zero-order valence-corrected chi connectivity index (χ0v) is 11.8. The summed E-state index contributed by atoms with van der Waals surface area (Å²) in [5, 5.41) is 14.1. The number of rotatable bonds is 5. The number of nitro groups is 1. The van der Waals surface area contributed by atoms with Gasteiger partial charge in [0.05, 0.1) is 4.92 Å². The number of nitrogens with zero attached hydrogens (tertiary/aromatic N) is 4. The van der Waals surface area contributed by atoms with E-state index in [4.69, 9.17) is 5.73 Å². The molecule has 1 saturated heterocycles. The second kappa shape index (κ2) is 6.33. The summed E-state index contributed by atoms with van der Waals surface area (Å²) in [6, 6.07) is -0.568. The zero-order chi connectivity index (χ0) is 15.4. The Morgan fingerprint density at radius 1 is 1.62 bits per heavy atom. The summed E-state index contributed by atoms with van der Waals surface area (Å²) in [4.78, 5) is 31.9. The Labute approximate surface area is 121 Å². The van der Waals surface area contributed by atoms with Gasteiger partial charge in [0, 0.05) is 13.1 Å². The molecular weight excluding hydrogens is 276 g/mol. The van der Waals surface area contributed by atoms with Crippen LogP contribution in [0.15, 0.2) is 6.20 Å². The van der Waals surface area contributed by atoms with Crippen LogP contribution in [0.3, 0.4) is 0 Å². The van der Waals surface area contributed by atoms with Crippen molar-refractivity contribution in [3.05, 3.63) is 16.3 Å². The fourth-order valence-corrected chi connectivity index (χ4v) is 2.43. The standard InChI is InChI=1S/C12H18N6O3/c1-2-14-12-15-7-9(18(20)21)11(16-12)17-6-4-3-5-8(17)10(13)19/h7-8H,2-6H2,1H3,(H2,13,19)(H,14,15,16). The van der Waals surface area contributed by atoms with E-state index < -0.39 is 16.9 Å². The molecule has 1 atom stereocenters. The fraction of sp³-hybridized carbons (Fsp3) is 0.583. The molecule has 1 aliphatic heterocycles. The largest absolute Gasteiger partial charge is 0.368 e. The van der Waals surface area contributed by atoms with E-state index in [1.54, 1.807) is 4.90 Å². The lowest BCUT2D eigenvalue weighted by Crippen LogP contribution is -2.48. The summed E-state index contributed by atoms with van der Waals surface area (Å²) in [6.45, 7) is 2.98. The van der Waals surface area contributed by atoms with Crippen LogP contribution < -0.4 is 16.0 Å². The normalized spacial score (nSPS) is 18.3. The van der Waals surface area contributed by atoms with Gasteiger partial charge in [-0.2, -0.15) is 4.98 Å². The number of amides is 1. The molecule has 1 unspecified atom stereocenters. The van der Waals surface area contributed by atoms with E-state index in [1.165, 1.54) is 0 Å². The molecule has 1 aromatic rings. The van der Waals surface area contributed by atoms with Gasteiger partial charge >= 0.3 is 5.69 Å². The summed E-state index contributed by atoms with van der Waals surface area (Å²) in [6.07, 6.45) is 3.44. The number of carbonyl (C=O) groups is 1. The highest BCUT2D eigenvalue weighted by Gasteiger charge is 2.33. The summed E-state index contributed by atoms with van der Waals surface area (Å²) in [5.74, 6) is -0.0473. The molecule has 2 heterocycles. The van der Waals surface area contributed by atoms with Gasteiger partial charge in [0.25, 0.3) is 0 Å². The number of primary amides is 1. The van der Waals surface area contributed by atoms with Crippen molar-refractivity contribution in [1.82, 2.24) is 9.97 Å². The number of nitrogens with one attached hydrogen (secondary N) is 1. The van der Waals surface area contributed by atoms with Crippen LogP contribution in [-0.2, 0) is 4.79 Å². The maximum atomic E-state index is 11.6. The third-order valence-corrected chi connectivity index (χ3v) is 3.38. The summed E-state index contributed by atoms with van der Waals surface area (Å²) >= 11 is 0. The van der Waals surface area contributed by atoms with Crippen LogP contribution in [0.25, 0.3) is 0 Å². The van der Waals surface area contributed by atoms with Crippen LogP contribution in [0, 0.1) is 10.1 Å². The molecular formula is C12H18N6O3. The van der Waals surface area contributed by atoms with Crippen molar-refractivity contribution in [2.24, 2.45) is 5.73 Å². The highest BCUT2D eigenvalue weighted by molar-refractivity contribution is 5.84. The lowest BCUT2D eigenvalue weighted by atomic mass is 10.0. The van der Waals surface area contributed by atoms with Gasteiger partial charge in [-0.05, 0) is 26.2 Å². The van der Waals surface area contributed by atoms with Gasteiger partial charge in [-0.15, -0.1) is 0 Å². The highest BCUT2D eigenvalue weighted by Crippen LogP contribution is 2.31. The van der Waals surface area contributed by atoms with E-state index in [0.717, 1.165) is 19.0 Å². The first-order valence-corrected chi connectivity index (χ1v) is 6.85. The van der Waals surface area contributed by atoms with Gasteiger partial charge in [0.2, 0.25) is 17.7 Å². The minimum atomic E-state index is -0.568. The Morgan fingerprint density at radius 3 is 3.00 bits per heavy atom. The molecule has 21 heavy (non-hydrogen) atoms. The molecule has 1 aromatic heterocycles. The molecule has 0 spiro atoms. The zero-order valence-electron chi connectivity index (χ0n) is 11.8. The lowest BCUT2D eigenvalue weighted by Gasteiger charge is -2.34. The van der Waals surface area contributed by atoms with Crippen molar-refractivity contribution in [3.63, 3.8) is 0 Å². The first-order valence-electron chi connectivity index (χ1n) is 6.85. The molecule has 0 bridgehead atoms. The number of piperidine rings is 1. The van der Waals surface area contributed by atoms with Crippen molar-refractivity contribution in [2.75, 3.05) is 23.3 Å². The van der Waals surface area contributed by atoms with Crippen LogP contribution >= 0.6 is 0 Å². The molecule has 0 radical (unpaired) electrons. The van der Waals surface area contributed by atoms with Crippen molar-refractivity contribution in [1.29, 1.82) is 0 Å². The van der Waals surface area contributed by atoms with Crippen LogP contribution in [0.2, 0.25) is 0 Å².